The highest BCUT2D eigenvalue weighted by molar-refractivity contribution is 9.10. The fourth-order valence-electron chi connectivity index (χ4n) is 1.25. The lowest BCUT2D eigenvalue weighted by Gasteiger charge is -1.96. The van der Waals surface area contributed by atoms with Gasteiger partial charge < -0.3 is 5.73 Å². The summed E-state index contributed by atoms with van der Waals surface area (Å²) >= 11 is 5.22. The predicted octanol–water partition coefficient (Wildman–Crippen LogP) is 3.68. The molecule has 0 radical (unpaired) electrons. The van der Waals surface area contributed by atoms with E-state index in [-0.39, 0.29) is 6.04 Å². The highest BCUT2D eigenvalue weighted by Gasteiger charge is 2.05. The molecule has 0 aliphatic carbocycles. The van der Waals surface area contributed by atoms with Crippen molar-refractivity contribution in [1.29, 1.82) is 0 Å². The summed E-state index contributed by atoms with van der Waals surface area (Å²) in [6.45, 7) is 2.01. The van der Waals surface area contributed by atoms with E-state index in [1.807, 2.05) is 6.92 Å². The standard InChI is InChI=1S/C10H10BrNS/c1-6(12)9-4-7-2-3-8(11)5-10(7)13-9/h2-6H,12H2,1H3/t6-/m0/s1. The van der Waals surface area contributed by atoms with Gasteiger partial charge in [-0.1, -0.05) is 22.0 Å². The molecular formula is C10H10BrNS. The van der Waals surface area contributed by atoms with Crippen molar-refractivity contribution in [2.45, 2.75) is 13.0 Å². The van der Waals surface area contributed by atoms with Crippen LogP contribution in [0.3, 0.4) is 0 Å². The maximum atomic E-state index is 5.81. The van der Waals surface area contributed by atoms with E-state index >= 15 is 0 Å². The van der Waals surface area contributed by atoms with Gasteiger partial charge in [0.15, 0.2) is 0 Å². The van der Waals surface area contributed by atoms with Gasteiger partial charge in [0, 0.05) is 20.1 Å². The van der Waals surface area contributed by atoms with Crippen molar-refractivity contribution in [3.8, 4) is 0 Å². The molecule has 1 aromatic heterocycles. The van der Waals surface area contributed by atoms with Crippen molar-refractivity contribution in [1.82, 2.24) is 0 Å². The number of thiophene rings is 1. The zero-order chi connectivity index (χ0) is 9.42. The molecule has 0 spiro atoms. The lowest BCUT2D eigenvalue weighted by molar-refractivity contribution is 0.839. The van der Waals surface area contributed by atoms with Crippen LogP contribution in [0.1, 0.15) is 17.8 Å². The Morgan fingerprint density at radius 2 is 2.15 bits per heavy atom. The molecule has 0 amide bonds. The molecule has 0 fully saturated rings. The zero-order valence-electron chi connectivity index (χ0n) is 7.25. The van der Waals surface area contributed by atoms with Crippen LogP contribution in [0.5, 0.6) is 0 Å². The van der Waals surface area contributed by atoms with E-state index in [0.29, 0.717) is 0 Å². The van der Waals surface area contributed by atoms with Gasteiger partial charge in [-0.2, -0.15) is 0 Å². The summed E-state index contributed by atoms with van der Waals surface area (Å²) in [5.41, 5.74) is 5.81. The second-order valence-electron chi connectivity index (χ2n) is 3.12. The summed E-state index contributed by atoms with van der Waals surface area (Å²) in [7, 11) is 0. The first-order valence-corrected chi connectivity index (χ1v) is 5.72. The predicted molar refractivity (Wildman–Crippen MR) is 62.1 cm³/mol. The third-order valence-electron chi connectivity index (χ3n) is 1.95. The normalized spacial score (nSPS) is 13.5. The zero-order valence-corrected chi connectivity index (χ0v) is 9.65. The Labute approximate surface area is 89.7 Å². The van der Waals surface area contributed by atoms with E-state index in [0.717, 1.165) is 4.47 Å². The molecule has 2 N–H and O–H groups in total. The van der Waals surface area contributed by atoms with Crippen LogP contribution in [-0.2, 0) is 0 Å². The Balaban J connectivity index is 2.62. The van der Waals surface area contributed by atoms with Crippen LogP contribution in [-0.4, -0.2) is 0 Å². The van der Waals surface area contributed by atoms with Crippen LogP contribution in [0.15, 0.2) is 28.7 Å². The fourth-order valence-corrected chi connectivity index (χ4v) is 2.82. The Kier molecular flexibility index (Phi) is 2.41. The largest absolute Gasteiger partial charge is 0.324 e. The summed E-state index contributed by atoms with van der Waals surface area (Å²) in [6, 6.07) is 8.60. The topological polar surface area (TPSA) is 26.0 Å². The summed E-state index contributed by atoms with van der Waals surface area (Å²) in [4.78, 5) is 1.24. The summed E-state index contributed by atoms with van der Waals surface area (Å²) in [5, 5.41) is 1.28. The molecule has 0 aliphatic rings. The van der Waals surface area contributed by atoms with Crippen molar-refractivity contribution in [2.75, 3.05) is 0 Å². The molecule has 68 valence electrons. The van der Waals surface area contributed by atoms with Gasteiger partial charge in [0.05, 0.1) is 0 Å². The minimum atomic E-state index is 0.135. The van der Waals surface area contributed by atoms with Gasteiger partial charge in [0.25, 0.3) is 0 Å². The number of hydrogen-bond donors (Lipinski definition) is 1. The number of fused-ring (bicyclic) bond motifs is 1. The summed E-state index contributed by atoms with van der Waals surface area (Å²) in [5.74, 6) is 0. The first-order chi connectivity index (χ1) is 6.16. The van der Waals surface area contributed by atoms with Gasteiger partial charge >= 0.3 is 0 Å². The van der Waals surface area contributed by atoms with E-state index in [1.165, 1.54) is 15.0 Å². The van der Waals surface area contributed by atoms with E-state index in [9.17, 15) is 0 Å². The number of hydrogen-bond acceptors (Lipinski definition) is 2. The third-order valence-corrected chi connectivity index (χ3v) is 3.74. The molecule has 0 saturated heterocycles. The van der Waals surface area contributed by atoms with Crippen LogP contribution >= 0.6 is 27.3 Å². The molecule has 2 aromatic rings. The number of nitrogens with two attached hydrogens (primary N) is 1. The van der Waals surface area contributed by atoms with Crippen LogP contribution in [0, 0.1) is 0 Å². The van der Waals surface area contributed by atoms with Crippen molar-refractivity contribution < 1.29 is 0 Å². The summed E-state index contributed by atoms with van der Waals surface area (Å²) in [6.07, 6.45) is 0. The van der Waals surface area contributed by atoms with Crippen molar-refractivity contribution >= 4 is 37.4 Å². The van der Waals surface area contributed by atoms with Gasteiger partial charge in [0.1, 0.15) is 0 Å². The smallest absolute Gasteiger partial charge is 0.0361 e. The molecule has 13 heavy (non-hydrogen) atoms. The molecule has 0 aliphatic heterocycles. The molecule has 3 heteroatoms. The lowest BCUT2D eigenvalue weighted by Crippen LogP contribution is -2.01. The maximum Gasteiger partial charge on any atom is 0.0361 e. The SMILES string of the molecule is C[C@H](N)c1cc2ccc(Br)cc2s1. The monoisotopic (exact) mass is 255 g/mol. The third kappa shape index (κ3) is 1.77. The second kappa shape index (κ2) is 3.40. The molecule has 1 atom stereocenters. The Morgan fingerprint density at radius 3 is 2.85 bits per heavy atom. The van der Waals surface area contributed by atoms with Crippen molar-refractivity contribution in [2.24, 2.45) is 5.73 Å². The molecule has 1 nitrogen and oxygen atoms in total. The van der Waals surface area contributed by atoms with Gasteiger partial charge in [-0.25, -0.2) is 0 Å². The van der Waals surface area contributed by atoms with Gasteiger partial charge in [-0.15, -0.1) is 11.3 Å². The van der Waals surface area contributed by atoms with E-state index in [1.54, 1.807) is 11.3 Å². The lowest BCUT2D eigenvalue weighted by atomic mass is 10.2. The molecule has 0 saturated carbocycles. The first-order valence-electron chi connectivity index (χ1n) is 4.11. The van der Waals surface area contributed by atoms with E-state index in [2.05, 4.69) is 40.2 Å². The quantitative estimate of drug-likeness (QED) is 0.827. The average Bonchev–Trinajstić information content (AvgIpc) is 2.46. The highest BCUT2D eigenvalue weighted by atomic mass is 79.9. The highest BCUT2D eigenvalue weighted by Crippen LogP contribution is 2.30. The van der Waals surface area contributed by atoms with Crippen LogP contribution in [0.25, 0.3) is 10.1 Å². The minimum absolute atomic E-state index is 0.135. The average molecular weight is 256 g/mol. The Hall–Kier alpha value is -0.380. The van der Waals surface area contributed by atoms with Crippen LogP contribution < -0.4 is 5.73 Å². The maximum absolute atomic E-state index is 5.81. The Bertz CT molecular complexity index is 433. The minimum Gasteiger partial charge on any atom is -0.324 e. The van der Waals surface area contributed by atoms with Crippen LogP contribution in [0.4, 0.5) is 0 Å². The number of rotatable bonds is 1. The van der Waals surface area contributed by atoms with E-state index in [4.69, 9.17) is 5.73 Å². The molecule has 0 bridgehead atoms. The van der Waals surface area contributed by atoms with E-state index < -0.39 is 0 Å². The second-order valence-corrected chi connectivity index (χ2v) is 5.15. The molecule has 2 rings (SSSR count). The van der Waals surface area contributed by atoms with Gasteiger partial charge in [-0.3, -0.25) is 0 Å². The molecule has 1 heterocycles. The van der Waals surface area contributed by atoms with Gasteiger partial charge in [-0.05, 0) is 30.5 Å². The Morgan fingerprint density at radius 1 is 1.38 bits per heavy atom. The number of halogens is 1. The summed E-state index contributed by atoms with van der Waals surface area (Å²) < 4.78 is 2.42. The molecular weight excluding hydrogens is 246 g/mol. The first kappa shape index (κ1) is 9.19. The van der Waals surface area contributed by atoms with Gasteiger partial charge in [0.2, 0.25) is 0 Å². The fraction of sp³-hybridized carbons (Fsp3) is 0.200. The van der Waals surface area contributed by atoms with Crippen molar-refractivity contribution in [3.63, 3.8) is 0 Å². The van der Waals surface area contributed by atoms with Crippen LogP contribution in [0.2, 0.25) is 0 Å². The molecule has 1 aromatic carbocycles. The van der Waals surface area contributed by atoms with Crippen molar-refractivity contribution in [3.05, 3.63) is 33.6 Å². The number of benzene rings is 1. The molecule has 0 unspecified atom stereocenters.